The lowest BCUT2D eigenvalue weighted by Gasteiger charge is -2.30. The van der Waals surface area contributed by atoms with Crippen molar-refractivity contribution >= 4 is 28.7 Å². The zero-order valence-electron chi connectivity index (χ0n) is 18.3. The maximum absolute atomic E-state index is 12.2. The van der Waals surface area contributed by atoms with Crippen LogP contribution < -0.4 is 4.74 Å². The second kappa shape index (κ2) is 10.3. The molecule has 0 spiro atoms. The summed E-state index contributed by atoms with van der Waals surface area (Å²) in [6.07, 6.45) is 1.26. The van der Waals surface area contributed by atoms with Gasteiger partial charge in [-0.1, -0.05) is 0 Å². The fourth-order valence-corrected chi connectivity index (χ4v) is 3.72. The molecular formula is C21H26N4O7. The van der Waals surface area contributed by atoms with Crippen molar-refractivity contribution < 1.29 is 28.7 Å². The molecule has 0 radical (unpaired) electrons. The van der Waals surface area contributed by atoms with Crippen LogP contribution in [0.2, 0.25) is 0 Å². The number of rotatable bonds is 8. The molecule has 2 aromatic rings. The van der Waals surface area contributed by atoms with Crippen molar-refractivity contribution in [1.82, 2.24) is 14.9 Å². The maximum Gasteiger partial charge on any atom is 0.362 e. The van der Waals surface area contributed by atoms with Gasteiger partial charge in [-0.05, 0) is 45.8 Å². The van der Waals surface area contributed by atoms with Gasteiger partial charge in [0.2, 0.25) is 11.6 Å². The Morgan fingerprint density at radius 1 is 1.12 bits per heavy atom. The Morgan fingerprint density at radius 3 is 2.38 bits per heavy atom. The molecule has 0 N–H and O–H groups in total. The van der Waals surface area contributed by atoms with Crippen LogP contribution in [0.15, 0.2) is 12.1 Å². The predicted molar refractivity (Wildman–Crippen MR) is 113 cm³/mol. The van der Waals surface area contributed by atoms with Crippen LogP contribution >= 0.6 is 0 Å². The van der Waals surface area contributed by atoms with E-state index in [0.717, 1.165) is 0 Å². The van der Waals surface area contributed by atoms with Crippen molar-refractivity contribution in [2.24, 2.45) is 5.92 Å². The van der Waals surface area contributed by atoms with Gasteiger partial charge in [0.1, 0.15) is 0 Å². The lowest BCUT2D eigenvalue weighted by molar-refractivity contribution is -0.385. The van der Waals surface area contributed by atoms with Crippen LogP contribution in [0, 0.1) is 16.0 Å². The number of benzene rings is 1. The quantitative estimate of drug-likeness (QED) is 0.338. The minimum atomic E-state index is -0.681. The van der Waals surface area contributed by atoms with Gasteiger partial charge in [0.15, 0.2) is 0 Å². The van der Waals surface area contributed by atoms with E-state index in [2.05, 4.69) is 9.97 Å². The minimum absolute atomic E-state index is 0.0564. The van der Waals surface area contributed by atoms with Crippen LogP contribution in [0.1, 0.15) is 42.7 Å². The monoisotopic (exact) mass is 446 g/mol. The summed E-state index contributed by atoms with van der Waals surface area (Å²) in [6.45, 7) is 5.49. The number of carbonyl (C=O) groups is 2. The van der Waals surface area contributed by atoms with Gasteiger partial charge < -0.3 is 14.2 Å². The van der Waals surface area contributed by atoms with E-state index in [1.165, 1.54) is 13.2 Å². The molecule has 0 amide bonds. The standard InChI is InChI=1S/C21H26N4O7/c1-4-31-20(26)13-6-8-24(9-7-13)12-14-10-15-16(11-17(14)25(28)29)23-19(30-3)18(22-15)21(27)32-5-2/h10-11,13H,4-9,12H2,1-3H3. The number of nitro benzene ring substituents is 1. The molecule has 0 aliphatic carbocycles. The van der Waals surface area contributed by atoms with Gasteiger partial charge in [0.05, 0.1) is 42.2 Å². The van der Waals surface area contributed by atoms with Crippen molar-refractivity contribution in [1.29, 1.82) is 0 Å². The molecule has 1 aliphatic heterocycles. The number of hydrogen-bond donors (Lipinski definition) is 0. The predicted octanol–water partition coefficient (Wildman–Crippen LogP) is 2.50. The van der Waals surface area contributed by atoms with Gasteiger partial charge in [-0.25, -0.2) is 14.8 Å². The molecule has 3 rings (SSSR count). The van der Waals surface area contributed by atoms with Crippen LogP contribution in [0.5, 0.6) is 5.88 Å². The number of fused-ring (bicyclic) bond motifs is 1. The van der Waals surface area contributed by atoms with Crippen molar-refractivity contribution in [2.45, 2.75) is 33.2 Å². The highest BCUT2D eigenvalue weighted by molar-refractivity contribution is 5.93. The number of esters is 2. The first kappa shape index (κ1) is 23.3. The molecule has 1 aliphatic rings. The number of aromatic nitrogens is 2. The molecule has 32 heavy (non-hydrogen) atoms. The molecule has 0 bridgehead atoms. The lowest BCUT2D eigenvalue weighted by Crippen LogP contribution is -2.36. The van der Waals surface area contributed by atoms with Crippen LogP contribution in [0.3, 0.4) is 0 Å². The molecular weight excluding hydrogens is 420 g/mol. The number of hydrogen-bond acceptors (Lipinski definition) is 10. The van der Waals surface area contributed by atoms with E-state index >= 15 is 0 Å². The van der Waals surface area contributed by atoms with Crippen molar-refractivity contribution in [3.8, 4) is 5.88 Å². The molecule has 1 aromatic heterocycles. The summed E-state index contributed by atoms with van der Waals surface area (Å²) in [4.78, 5) is 46.0. The highest BCUT2D eigenvalue weighted by Gasteiger charge is 2.28. The fourth-order valence-electron chi connectivity index (χ4n) is 3.72. The number of nitro groups is 1. The summed E-state index contributed by atoms with van der Waals surface area (Å²) in [5, 5.41) is 11.7. The van der Waals surface area contributed by atoms with Gasteiger partial charge in [-0.2, -0.15) is 0 Å². The second-order valence-electron chi connectivity index (χ2n) is 7.33. The first-order valence-corrected chi connectivity index (χ1v) is 10.5. The summed E-state index contributed by atoms with van der Waals surface area (Å²) >= 11 is 0. The Bertz CT molecular complexity index is 1020. The van der Waals surface area contributed by atoms with Gasteiger partial charge in [-0.15, -0.1) is 0 Å². The Balaban J connectivity index is 1.89. The largest absolute Gasteiger partial charge is 0.479 e. The van der Waals surface area contributed by atoms with Gasteiger partial charge >= 0.3 is 11.9 Å². The number of methoxy groups -OCH3 is 1. The summed E-state index contributed by atoms with van der Waals surface area (Å²) in [6, 6.07) is 2.90. The van der Waals surface area contributed by atoms with E-state index in [1.54, 1.807) is 19.9 Å². The molecule has 0 unspecified atom stereocenters. The molecule has 172 valence electrons. The topological polar surface area (TPSA) is 134 Å². The smallest absolute Gasteiger partial charge is 0.362 e. The van der Waals surface area contributed by atoms with Crippen LogP contribution in [-0.4, -0.2) is 65.1 Å². The third-order valence-corrected chi connectivity index (χ3v) is 5.29. The van der Waals surface area contributed by atoms with Crippen LogP contribution in [-0.2, 0) is 20.8 Å². The van der Waals surface area contributed by atoms with E-state index in [0.29, 0.717) is 50.2 Å². The number of piperidine rings is 1. The summed E-state index contributed by atoms with van der Waals surface area (Å²) in [5.41, 5.74) is 0.843. The molecule has 1 saturated heterocycles. The normalized spacial score (nSPS) is 14.8. The van der Waals surface area contributed by atoms with Crippen LogP contribution in [0.4, 0.5) is 5.69 Å². The van der Waals surface area contributed by atoms with E-state index in [1.807, 2.05) is 4.90 Å². The first-order valence-electron chi connectivity index (χ1n) is 10.5. The molecule has 11 nitrogen and oxygen atoms in total. The molecule has 1 fully saturated rings. The third-order valence-electron chi connectivity index (χ3n) is 5.29. The van der Waals surface area contributed by atoms with Crippen molar-refractivity contribution in [2.75, 3.05) is 33.4 Å². The summed E-state index contributed by atoms with van der Waals surface area (Å²) < 4.78 is 15.2. The molecule has 2 heterocycles. The SMILES string of the molecule is CCOC(=O)c1nc2cc(CN3CCC(C(=O)OCC)CC3)c([N+](=O)[O-])cc2nc1OC. The Kier molecular flexibility index (Phi) is 7.52. The van der Waals surface area contributed by atoms with Gasteiger partial charge in [0.25, 0.3) is 5.69 Å². The van der Waals surface area contributed by atoms with Crippen molar-refractivity contribution in [3.63, 3.8) is 0 Å². The number of ether oxygens (including phenoxy) is 3. The zero-order chi connectivity index (χ0) is 23.3. The third kappa shape index (κ3) is 5.10. The molecule has 11 heteroatoms. The molecule has 0 atom stereocenters. The Labute approximate surface area is 184 Å². The average molecular weight is 446 g/mol. The summed E-state index contributed by atoms with van der Waals surface area (Å²) in [7, 11) is 1.33. The molecule has 0 saturated carbocycles. The second-order valence-corrected chi connectivity index (χ2v) is 7.33. The van der Waals surface area contributed by atoms with E-state index in [9.17, 15) is 19.7 Å². The van der Waals surface area contributed by atoms with Crippen molar-refractivity contribution in [3.05, 3.63) is 33.5 Å². The van der Waals surface area contributed by atoms with Crippen LogP contribution in [0.25, 0.3) is 11.0 Å². The molecule has 1 aromatic carbocycles. The Morgan fingerprint density at radius 2 is 1.78 bits per heavy atom. The van der Waals surface area contributed by atoms with E-state index < -0.39 is 10.9 Å². The van der Waals surface area contributed by atoms with E-state index in [4.69, 9.17) is 14.2 Å². The Hall–Kier alpha value is -3.34. The average Bonchev–Trinajstić information content (AvgIpc) is 2.78. The lowest BCUT2D eigenvalue weighted by atomic mass is 9.96. The zero-order valence-corrected chi connectivity index (χ0v) is 18.3. The fraction of sp³-hybridized carbons (Fsp3) is 0.524. The number of carbonyl (C=O) groups excluding carboxylic acids is 2. The number of nitrogens with zero attached hydrogens (tertiary/aromatic N) is 4. The highest BCUT2D eigenvalue weighted by Crippen LogP contribution is 2.29. The number of likely N-dealkylation sites (tertiary alicyclic amines) is 1. The van der Waals surface area contributed by atoms with Gasteiger partial charge in [-0.3, -0.25) is 19.8 Å². The van der Waals surface area contributed by atoms with E-state index in [-0.39, 0.29) is 41.3 Å². The minimum Gasteiger partial charge on any atom is -0.479 e. The van der Waals surface area contributed by atoms with Gasteiger partial charge in [0, 0.05) is 18.2 Å². The maximum atomic E-state index is 12.2. The highest BCUT2D eigenvalue weighted by atomic mass is 16.6. The summed E-state index contributed by atoms with van der Waals surface area (Å²) in [5.74, 6) is -1.08. The first-order chi connectivity index (χ1) is 15.4.